The lowest BCUT2D eigenvalue weighted by atomic mass is 10.2. The molecule has 1 aromatic carbocycles. The molecule has 1 aliphatic carbocycles. The van der Waals surface area contributed by atoms with Crippen LogP contribution in [0.25, 0.3) is 0 Å². The molecule has 3 aromatic heterocycles. The summed E-state index contributed by atoms with van der Waals surface area (Å²) < 4.78 is 7.74. The average molecular weight is 424 g/mol. The van der Waals surface area contributed by atoms with Crippen LogP contribution in [0.2, 0.25) is 0 Å². The van der Waals surface area contributed by atoms with Gasteiger partial charge in [-0.05, 0) is 43.5 Å². The molecule has 0 saturated heterocycles. The van der Waals surface area contributed by atoms with Crippen molar-refractivity contribution in [2.75, 3.05) is 5.32 Å². The van der Waals surface area contributed by atoms with Crippen molar-refractivity contribution in [3.8, 4) is 0 Å². The number of nitrogens with zero attached hydrogens (tertiary/aromatic N) is 4. The summed E-state index contributed by atoms with van der Waals surface area (Å²) in [4.78, 5) is 4.73. The minimum Gasteiger partial charge on any atom is -0.467 e. The average Bonchev–Trinajstić information content (AvgIpc) is 3.11. The highest BCUT2D eigenvalue weighted by Crippen LogP contribution is 2.40. The first-order valence-electron chi connectivity index (χ1n) is 9.61. The van der Waals surface area contributed by atoms with Crippen LogP contribution in [0, 0.1) is 6.92 Å². The lowest BCUT2D eigenvalue weighted by Gasteiger charge is -2.07. The Kier molecular flexibility index (Phi) is 5.12. The summed E-state index contributed by atoms with van der Waals surface area (Å²) in [6.07, 6.45) is 4.10. The first-order chi connectivity index (χ1) is 14.3. The molecule has 0 spiro atoms. The highest BCUT2D eigenvalue weighted by molar-refractivity contribution is 7.98. The first kappa shape index (κ1) is 18.4. The molecule has 1 saturated carbocycles. The van der Waals surface area contributed by atoms with Crippen LogP contribution in [0.15, 0.2) is 57.6 Å². The monoisotopic (exact) mass is 423 g/mol. The molecule has 0 amide bonds. The van der Waals surface area contributed by atoms with Crippen LogP contribution in [0.1, 0.15) is 41.6 Å². The van der Waals surface area contributed by atoms with Gasteiger partial charge in [-0.25, -0.2) is 4.98 Å². The maximum atomic E-state index is 5.54. The number of hydrogen-bond acceptors (Lipinski definition) is 7. The largest absolute Gasteiger partial charge is 0.467 e. The third kappa shape index (κ3) is 4.23. The molecule has 0 unspecified atom stereocenters. The van der Waals surface area contributed by atoms with Gasteiger partial charge < -0.3 is 9.73 Å². The third-order valence-corrected chi connectivity index (χ3v) is 6.68. The van der Waals surface area contributed by atoms with E-state index < -0.39 is 0 Å². The van der Waals surface area contributed by atoms with E-state index in [1.165, 1.54) is 18.4 Å². The number of nitrogens with one attached hydrogen (secondary N) is 1. The van der Waals surface area contributed by atoms with Crippen LogP contribution in [-0.4, -0.2) is 19.7 Å². The number of benzene rings is 1. The molecule has 4 aromatic rings. The molecule has 1 N–H and O–H groups in total. The Morgan fingerprint density at radius 1 is 1.21 bits per heavy atom. The van der Waals surface area contributed by atoms with Gasteiger partial charge in [-0.3, -0.25) is 4.57 Å². The Balaban J connectivity index is 1.28. The van der Waals surface area contributed by atoms with Gasteiger partial charge in [-0.1, -0.05) is 30.0 Å². The fraction of sp³-hybridized carbons (Fsp3) is 0.286. The van der Waals surface area contributed by atoms with Crippen molar-refractivity contribution < 1.29 is 4.42 Å². The number of thiazole rings is 1. The summed E-state index contributed by atoms with van der Waals surface area (Å²) in [6.45, 7) is 2.77. The summed E-state index contributed by atoms with van der Waals surface area (Å²) in [5.74, 6) is 3.29. The van der Waals surface area contributed by atoms with Crippen LogP contribution < -0.4 is 5.32 Å². The molecular formula is C21H21N5OS2. The standard InChI is InChI=1S/C21H21N5OS2/c1-14-5-2-3-7-18(14)23-20-22-16(12-28-20)13-29-21-25-24-19(15-8-9-15)26(21)11-17-6-4-10-27-17/h2-7,10,12,15H,8-9,11,13H2,1H3,(H,22,23). The van der Waals surface area contributed by atoms with E-state index in [1.54, 1.807) is 29.4 Å². The summed E-state index contributed by atoms with van der Waals surface area (Å²) in [6, 6.07) is 12.1. The second-order valence-electron chi connectivity index (χ2n) is 7.15. The Labute approximate surface area is 177 Å². The maximum absolute atomic E-state index is 5.54. The van der Waals surface area contributed by atoms with Crippen molar-refractivity contribution in [2.45, 2.75) is 43.1 Å². The molecule has 29 heavy (non-hydrogen) atoms. The second kappa shape index (κ2) is 8.04. The third-order valence-electron chi connectivity index (χ3n) is 4.87. The van der Waals surface area contributed by atoms with E-state index >= 15 is 0 Å². The SMILES string of the molecule is Cc1ccccc1Nc1nc(CSc2nnc(C3CC3)n2Cc2ccco2)cs1. The molecule has 0 bridgehead atoms. The number of furan rings is 1. The molecule has 0 radical (unpaired) electrons. The van der Waals surface area contributed by atoms with Gasteiger partial charge in [0, 0.05) is 22.7 Å². The fourth-order valence-electron chi connectivity index (χ4n) is 3.15. The maximum Gasteiger partial charge on any atom is 0.192 e. The molecule has 0 aliphatic heterocycles. The van der Waals surface area contributed by atoms with E-state index in [2.05, 4.69) is 44.5 Å². The van der Waals surface area contributed by atoms with Gasteiger partial charge in [-0.2, -0.15) is 0 Å². The molecular weight excluding hydrogens is 402 g/mol. The van der Waals surface area contributed by atoms with Crippen LogP contribution in [0.5, 0.6) is 0 Å². The van der Waals surface area contributed by atoms with E-state index in [1.807, 2.05) is 24.3 Å². The van der Waals surface area contributed by atoms with E-state index in [9.17, 15) is 0 Å². The molecule has 6 nitrogen and oxygen atoms in total. The zero-order chi connectivity index (χ0) is 19.6. The summed E-state index contributed by atoms with van der Waals surface area (Å²) in [5.41, 5.74) is 3.34. The lowest BCUT2D eigenvalue weighted by molar-refractivity contribution is 0.478. The predicted octanol–water partition coefficient (Wildman–Crippen LogP) is 5.60. The Morgan fingerprint density at radius 2 is 2.10 bits per heavy atom. The molecule has 8 heteroatoms. The highest BCUT2D eigenvalue weighted by Gasteiger charge is 2.30. The van der Waals surface area contributed by atoms with Crippen molar-refractivity contribution in [3.63, 3.8) is 0 Å². The van der Waals surface area contributed by atoms with Crippen molar-refractivity contribution >= 4 is 33.9 Å². The first-order valence-corrected chi connectivity index (χ1v) is 11.5. The lowest BCUT2D eigenvalue weighted by Crippen LogP contribution is -2.05. The van der Waals surface area contributed by atoms with Gasteiger partial charge in [0.1, 0.15) is 11.6 Å². The molecule has 5 rings (SSSR count). The van der Waals surface area contributed by atoms with Gasteiger partial charge in [0.05, 0.1) is 18.5 Å². The van der Waals surface area contributed by atoms with Gasteiger partial charge in [-0.15, -0.1) is 21.5 Å². The van der Waals surface area contributed by atoms with Gasteiger partial charge in [0.2, 0.25) is 0 Å². The normalized spacial score (nSPS) is 13.7. The van der Waals surface area contributed by atoms with Crippen LogP contribution >= 0.6 is 23.1 Å². The fourth-order valence-corrected chi connectivity index (χ4v) is 4.82. The molecule has 0 atom stereocenters. The van der Waals surface area contributed by atoms with Gasteiger partial charge >= 0.3 is 0 Å². The quantitative estimate of drug-likeness (QED) is 0.372. The van der Waals surface area contributed by atoms with Crippen molar-refractivity contribution in [3.05, 3.63) is 70.9 Å². The number of para-hydroxylation sites is 1. The number of rotatable bonds is 8. The Bertz CT molecular complexity index is 1100. The van der Waals surface area contributed by atoms with E-state index in [0.717, 1.165) is 39.0 Å². The number of anilines is 2. The van der Waals surface area contributed by atoms with E-state index in [-0.39, 0.29) is 0 Å². The topological polar surface area (TPSA) is 68.8 Å². The smallest absolute Gasteiger partial charge is 0.192 e. The van der Waals surface area contributed by atoms with Gasteiger partial charge in [0.15, 0.2) is 10.3 Å². The molecule has 148 valence electrons. The van der Waals surface area contributed by atoms with Crippen molar-refractivity contribution in [2.24, 2.45) is 0 Å². The van der Waals surface area contributed by atoms with Crippen molar-refractivity contribution in [1.82, 2.24) is 19.7 Å². The number of aromatic nitrogens is 4. The van der Waals surface area contributed by atoms with Crippen LogP contribution in [0.4, 0.5) is 10.8 Å². The number of hydrogen-bond donors (Lipinski definition) is 1. The zero-order valence-electron chi connectivity index (χ0n) is 16.0. The van der Waals surface area contributed by atoms with Crippen molar-refractivity contribution in [1.29, 1.82) is 0 Å². The minimum absolute atomic E-state index is 0.538. The molecule has 1 aliphatic rings. The summed E-state index contributed by atoms with van der Waals surface area (Å²) in [7, 11) is 0. The Hall–Kier alpha value is -2.58. The summed E-state index contributed by atoms with van der Waals surface area (Å²) in [5, 5.41) is 16.3. The highest BCUT2D eigenvalue weighted by atomic mass is 32.2. The predicted molar refractivity (Wildman–Crippen MR) is 116 cm³/mol. The zero-order valence-corrected chi connectivity index (χ0v) is 17.7. The molecule has 1 fully saturated rings. The number of aryl methyl sites for hydroxylation is 1. The minimum atomic E-state index is 0.538. The second-order valence-corrected chi connectivity index (χ2v) is 8.95. The van der Waals surface area contributed by atoms with Gasteiger partial charge in [0.25, 0.3) is 0 Å². The van der Waals surface area contributed by atoms with E-state index in [4.69, 9.17) is 9.40 Å². The summed E-state index contributed by atoms with van der Waals surface area (Å²) >= 11 is 3.30. The van der Waals surface area contributed by atoms with Crippen LogP contribution in [0.3, 0.4) is 0 Å². The van der Waals surface area contributed by atoms with Crippen LogP contribution in [-0.2, 0) is 12.3 Å². The molecule has 3 heterocycles. The van der Waals surface area contributed by atoms with E-state index in [0.29, 0.717) is 12.5 Å². The number of thioether (sulfide) groups is 1. The Morgan fingerprint density at radius 3 is 2.90 bits per heavy atom.